The number of halogens is 1. The molecule has 0 bridgehead atoms. The molecule has 0 atom stereocenters. The minimum atomic E-state index is -0.181. The Kier molecular flexibility index (Phi) is 6.07. The van der Waals surface area contributed by atoms with Crippen molar-refractivity contribution in [1.82, 2.24) is 14.7 Å². The summed E-state index contributed by atoms with van der Waals surface area (Å²) in [7, 11) is 0. The predicted molar refractivity (Wildman–Crippen MR) is 130 cm³/mol. The summed E-state index contributed by atoms with van der Waals surface area (Å²) in [5.74, 6) is -0.0856. The van der Waals surface area contributed by atoms with Crippen LogP contribution in [0.4, 0.5) is 0 Å². The van der Waals surface area contributed by atoms with Crippen LogP contribution in [0.1, 0.15) is 69.6 Å². The molecule has 0 spiro atoms. The van der Waals surface area contributed by atoms with Crippen molar-refractivity contribution in [2.45, 2.75) is 51.9 Å². The van der Waals surface area contributed by atoms with Gasteiger partial charge in [-0.25, -0.2) is 0 Å². The lowest BCUT2D eigenvalue weighted by atomic mass is 9.93. The molecule has 0 N–H and O–H groups in total. The van der Waals surface area contributed by atoms with Crippen LogP contribution in [0.5, 0.6) is 0 Å². The van der Waals surface area contributed by atoms with Crippen LogP contribution in [0, 0.1) is 6.92 Å². The van der Waals surface area contributed by atoms with Crippen molar-refractivity contribution in [2.24, 2.45) is 0 Å². The Bertz CT molecular complexity index is 1190. The van der Waals surface area contributed by atoms with Crippen LogP contribution < -0.4 is 0 Å². The second kappa shape index (κ2) is 9.14. The van der Waals surface area contributed by atoms with Gasteiger partial charge < -0.3 is 4.90 Å². The fourth-order valence-electron chi connectivity index (χ4n) is 5.06. The van der Waals surface area contributed by atoms with E-state index in [2.05, 4.69) is 0 Å². The first-order chi connectivity index (χ1) is 16.0. The summed E-state index contributed by atoms with van der Waals surface area (Å²) in [5, 5.41) is 5.24. The van der Waals surface area contributed by atoms with Crippen LogP contribution in [-0.4, -0.2) is 39.6 Å². The van der Waals surface area contributed by atoms with E-state index in [1.165, 1.54) is 6.42 Å². The number of hydrogen-bond acceptors (Lipinski definition) is 3. The highest BCUT2D eigenvalue weighted by atomic mass is 35.5. The van der Waals surface area contributed by atoms with Gasteiger partial charge in [-0.3, -0.25) is 9.59 Å². The zero-order valence-corrected chi connectivity index (χ0v) is 19.7. The lowest BCUT2D eigenvalue weighted by molar-refractivity contribution is 0.0724. The molecule has 0 radical (unpaired) electrons. The molecular formula is C27H28ClN3O2. The zero-order valence-electron chi connectivity index (χ0n) is 18.9. The molecule has 3 aromatic rings. The second-order valence-corrected chi connectivity index (χ2v) is 9.47. The molecule has 5 rings (SSSR count). The van der Waals surface area contributed by atoms with Gasteiger partial charge in [0, 0.05) is 29.8 Å². The highest BCUT2D eigenvalue weighted by molar-refractivity contribution is 6.34. The van der Waals surface area contributed by atoms with Crippen LogP contribution in [0.25, 0.3) is 11.3 Å². The Hall–Kier alpha value is -2.92. The molecule has 1 aromatic heterocycles. The van der Waals surface area contributed by atoms with Crippen LogP contribution in [0.15, 0.2) is 42.5 Å². The Labute approximate surface area is 199 Å². The molecule has 1 aliphatic carbocycles. The highest BCUT2D eigenvalue weighted by Crippen LogP contribution is 2.33. The first kappa shape index (κ1) is 21.9. The maximum absolute atomic E-state index is 13.5. The van der Waals surface area contributed by atoms with Gasteiger partial charge in [-0.2, -0.15) is 9.78 Å². The minimum absolute atomic E-state index is 0.0955. The molecule has 1 fully saturated rings. The first-order valence-corrected chi connectivity index (χ1v) is 12.2. The third-order valence-corrected chi connectivity index (χ3v) is 7.17. The minimum Gasteiger partial charge on any atom is -0.339 e. The lowest BCUT2D eigenvalue weighted by Gasteiger charge is -2.26. The monoisotopic (exact) mass is 461 g/mol. The van der Waals surface area contributed by atoms with Crippen molar-refractivity contribution >= 4 is 23.4 Å². The van der Waals surface area contributed by atoms with Crippen LogP contribution in [-0.2, 0) is 12.8 Å². The molecule has 33 heavy (non-hydrogen) atoms. The number of amides is 1. The van der Waals surface area contributed by atoms with Crippen molar-refractivity contribution in [1.29, 1.82) is 0 Å². The molecule has 1 saturated heterocycles. The van der Waals surface area contributed by atoms with Gasteiger partial charge in [0.05, 0.1) is 22.0 Å². The van der Waals surface area contributed by atoms with E-state index < -0.39 is 0 Å². The van der Waals surface area contributed by atoms with Gasteiger partial charge in [-0.05, 0) is 75.6 Å². The van der Waals surface area contributed by atoms with Crippen LogP contribution in [0.3, 0.4) is 0 Å². The van der Waals surface area contributed by atoms with Gasteiger partial charge in [0.2, 0.25) is 0 Å². The van der Waals surface area contributed by atoms with Crippen LogP contribution in [0.2, 0.25) is 5.02 Å². The standard InChI is InChI=1S/C27H28ClN3O2/c1-18-8-7-10-22(28)24(18)27(33)31-23-11-4-3-9-21(23)25(29-31)19-12-14-20(15-13-19)26(32)30-16-5-2-6-17-30/h7-8,10,12-15H,2-6,9,11,16-17H2,1H3. The van der Waals surface area contributed by atoms with Gasteiger partial charge in [0.15, 0.2) is 0 Å². The van der Waals surface area contributed by atoms with E-state index in [4.69, 9.17) is 16.7 Å². The Morgan fingerprint density at radius 3 is 2.33 bits per heavy atom. The average molecular weight is 462 g/mol. The van der Waals surface area contributed by atoms with Gasteiger partial charge >= 0.3 is 0 Å². The number of carbonyl (C=O) groups is 2. The van der Waals surface area contributed by atoms with Crippen LogP contribution >= 0.6 is 11.6 Å². The normalized spacial score (nSPS) is 15.9. The first-order valence-electron chi connectivity index (χ1n) is 11.8. The largest absolute Gasteiger partial charge is 0.339 e. The number of fused-ring (bicyclic) bond motifs is 1. The predicted octanol–water partition coefficient (Wildman–Crippen LogP) is 5.71. The number of aryl methyl sites for hydroxylation is 1. The number of piperidine rings is 1. The maximum atomic E-state index is 13.5. The molecular weight excluding hydrogens is 434 g/mol. The summed E-state index contributed by atoms with van der Waals surface area (Å²) in [6.07, 6.45) is 7.19. The summed E-state index contributed by atoms with van der Waals surface area (Å²) in [6, 6.07) is 13.2. The molecule has 1 amide bonds. The van der Waals surface area contributed by atoms with Gasteiger partial charge in [0.1, 0.15) is 0 Å². The smallest absolute Gasteiger partial charge is 0.280 e. The van der Waals surface area contributed by atoms with Crippen molar-refractivity contribution in [3.05, 3.63) is 75.4 Å². The number of aromatic nitrogens is 2. The highest BCUT2D eigenvalue weighted by Gasteiger charge is 2.27. The van der Waals surface area contributed by atoms with Gasteiger partial charge in [0.25, 0.3) is 11.8 Å². The van der Waals surface area contributed by atoms with Crippen molar-refractivity contribution in [3.8, 4) is 11.3 Å². The molecule has 2 aliphatic rings. The molecule has 170 valence electrons. The molecule has 6 heteroatoms. The lowest BCUT2D eigenvalue weighted by Crippen LogP contribution is -2.35. The van der Waals surface area contributed by atoms with E-state index in [0.29, 0.717) is 16.1 Å². The molecule has 1 aliphatic heterocycles. The number of hydrogen-bond donors (Lipinski definition) is 0. The number of likely N-dealkylation sites (tertiary alicyclic amines) is 1. The van der Waals surface area contributed by atoms with E-state index in [9.17, 15) is 9.59 Å². The summed E-state index contributed by atoms with van der Waals surface area (Å²) >= 11 is 6.39. The number of carbonyl (C=O) groups excluding carboxylic acids is 2. The molecule has 5 nitrogen and oxygen atoms in total. The fraction of sp³-hybridized carbons (Fsp3) is 0.370. The number of nitrogens with zero attached hydrogens (tertiary/aromatic N) is 3. The van der Waals surface area contributed by atoms with E-state index in [1.54, 1.807) is 10.7 Å². The summed E-state index contributed by atoms with van der Waals surface area (Å²) in [6.45, 7) is 3.57. The molecule has 0 unspecified atom stereocenters. The van der Waals surface area contributed by atoms with Gasteiger partial charge in [-0.1, -0.05) is 35.9 Å². The van der Waals surface area contributed by atoms with Crippen molar-refractivity contribution in [3.63, 3.8) is 0 Å². The third-order valence-electron chi connectivity index (χ3n) is 6.86. The molecule has 2 heterocycles. The van der Waals surface area contributed by atoms with Crippen molar-refractivity contribution in [2.75, 3.05) is 13.1 Å². The van der Waals surface area contributed by atoms with E-state index in [1.807, 2.05) is 48.2 Å². The SMILES string of the molecule is Cc1cccc(Cl)c1C(=O)n1nc(-c2ccc(C(=O)N3CCCCC3)cc2)c2c1CCCC2. The second-order valence-electron chi connectivity index (χ2n) is 9.06. The third kappa shape index (κ3) is 4.10. The number of rotatable bonds is 3. The Balaban J connectivity index is 1.50. The Morgan fingerprint density at radius 1 is 0.879 bits per heavy atom. The Morgan fingerprint density at radius 2 is 1.61 bits per heavy atom. The van der Waals surface area contributed by atoms with Gasteiger partial charge in [-0.15, -0.1) is 0 Å². The molecule has 0 saturated carbocycles. The zero-order chi connectivity index (χ0) is 22.9. The van der Waals surface area contributed by atoms with Crippen molar-refractivity contribution < 1.29 is 9.59 Å². The summed E-state index contributed by atoms with van der Waals surface area (Å²) in [5.41, 5.74) is 5.93. The topological polar surface area (TPSA) is 55.2 Å². The fourth-order valence-corrected chi connectivity index (χ4v) is 5.36. The summed E-state index contributed by atoms with van der Waals surface area (Å²) < 4.78 is 1.56. The van der Waals surface area contributed by atoms with E-state index >= 15 is 0 Å². The maximum Gasteiger partial charge on any atom is 0.280 e. The average Bonchev–Trinajstić information content (AvgIpc) is 3.24. The molecule has 2 aromatic carbocycles. The number of benzene rings is 2. The van der Waals surface area contributed by atoms with E-state index in [0.717, 1.165) is 79.7 Å². The summed E-state index contributed by atoms with van der Waals surface area (Å²) in [4.78, 5) is 28.3. The van der Waals surface area contributed by atoms with E-state index in [-0.39, 0.29) is 11.8 Å². The quantitative estimate of drug-likeness (QED) is 0.502.